The molecule has 0 aliphatic heterocycles. The first-order chi connectivity index (χ1) is 11.6. The second-order valence-corrected chi connectivity index (χ2v) is 6.78. The molecule has 0 saturated heterocycles. The van der Waals surface area contributed by atoms with Gasteiger partial charge in [-0.15, -0.1) is 0 Å². The van der Waals surface area contributed by atoms with Gasteiger partial charge in [-0.1, -0.05) is 48.5 Å². The lowest BCUT2D eigenvalue weighted by atomic mass is 10.1. The average Bonchev–Trinajstić information content (AvgIpc) is 2.89. The van der Waals surface area contributed by atoms with Gasteiger partial charge in [-0.05, 0) is 18.6 Å². The van der Waals surface area contributed by atoms with Crippen molar-refractivity contribution in [1.29, 1.82) is 0 Å². The van der Waals surface area contributed by atoms with Gasteiger partial charge in [0.1, 0.15) is 10.8 Å². The summed E-state index contributed by atoms with van der Waals surface area (Å²) in [7, 11) is 0.399. The number of hydrogen-bond donors (Lipinski definition) is 0. The number of aryl methyl sites for hydroxylation is 1. The van der Waals surface area contributed by atoms with Gasteiger partial charge < -0.3 is 9.30 Å². The molecule has 1 atom stereocenters. The van der Waals surface area contributed by atoms with Crippen LogP contribution in [-0.4, -0.2) is 27.1 Å². The summed E-state index contributed by atoms with van der Waals surface area (Å²) in [5, 5.41) is 1.67. The Bertz CT molecular complexity index is 900. The van der Waals surface area contributed by atoms with Crippen molar-refractivity contribution in [3.05, 3.63) is 54.6 Å². The summed E-state index contributed by atoms with van der Waals surface area (Å²) in [6.45, 7) is 2.03. The molecule has 1 unspecified atom stereocenters. The highest BCUT2D eigenvalue weighted by Crippen LogP contribution is 2.36. The largest absolute Gasteiger partial charge is 0.465 e. The molecule has 3 aromatic rings. The van der Waals surface area contributed by atoms with Gasteiger partial charge in [0.2, 0.25) is 0 Å². The lowest BCUT2D eigenvalue weighted by molar-refractivity contribution is -0.139. The molecule has 4 nitrogen and oxygen atoms in total. The van der Waals surface area contributed by atoms with Crippen LogP contribution < -0.4 is 0 Å². The Morgan fingerprint density at radius 2 is 1.75 bits per heavy atom. The Balaban J connectivity index is 2.18. The van der Waals surface area contributed by atoms with E-state index in [0.29, 0.717) is 5.03 Å². The first-order valence-corrected chi connectivity index (χ1v) is 9.12. The van der Waals surface area contributed by atoms with Crippen molar-refractivity contribution in [2.75, 3.05) is 12.4 Å². The van der Waals surface area contributed by atoms with Crippen LogP contribution in [0.3, 0.4) is 0 Å². The van der Waals surface area contributed by atoms with E-state index in [2.05, 4.69) is 0 Å². The molecule has 5 heteroatoms. The second kappa shape index (κ2) is 7.01. The van der Waals surface area contributed by atoms with Gasteiger partial charge >= 0.3 is 5.97 Å². The van der Waals surface area contributed by atoms with Gasteiger partial charge in [0.05, 0.1) is 17.4 Å². The van der Waals surface area contributed by atoms with Gasteiger partial charge in [0.15, 0.2) is 0 Å². The Morgan fingerprint density at radius 1 is 1.08 bits per heavy atom. The molecule has 0 aliphatic rings. The zero-order chi connectivity index (χ0) is 17.1. The fourth-order valence-corrected chi connectivity index (χ4v) is 4.19. The molecule has 0 N–H and O–H groups in total. The Kier molecular flexibility index (Phi) is 4.81. The summed E-state index contributed by atoms with van der Waals surface area (Å²) in [5.41, 5.74) is 2.89. The van der Waals surface area contributed by atoms with E-state index in [1.54, 1.807) is 6.92 Å². The lowest BCUT2D eigenvalue weighted by Gasteiger charge is -2.08. The van der Waals surface area contributed by atoms with Crippen molar-refractivity contribution >= 4 is 27.7 Å². The first-order valence-electron chi connectivity index (χ1n) is 7.80. The number of hydrogen-bond acceptors (Lipinski definition) is 3. The lowest BCUT2D eigenvalue weighted by Crippen LogP contribution is -2.16. The molecule has 0 aliphatic carbocycles. The number of para-hydroxylation sites is 1. The Hall–Kier alpha value is -2.40. The molecule has 0 saturated carbocycles. The predicted octanol–water partition coefficient (Wildman–Crippen LogP) is 3.52. The van der Waals surface area contributed by atoms with Gasteiger partial charge in [0, 0.05) is 23.5 Å². The zero-order valence-electron chi connectivity index (χ0n) is 13.7. The normalized spacial score (nSPS) is 12.2. The van der Waals surface area contributed by atoms with Gasteiger partial charge in [-0.3, -0.25) is 9.00 Å². The molecule has 124 valence electrons. The van der Waals surface area contributed by atoms with Crippen LogP contribution >= 0.6 is 0 Å². The third-order valence-corrected chi connectivity index (χ3v) is 5.29. The van der Waals surface area contributed by atoms with Crippen LogP contribution in [0.2, 0.25) is 0 Å². The highest BCUT2D eigenvalue weighted by Gasteiger charge is 2.23. The summed E-state index contributed by atoms with van der Waals surface area (Å²) in [5.74, 6) is -0.585. The summed E-state index contributed by atoms with van der Waals surface area (Å²) < 4.78 is 19.8. The Labute approximate surface area is 143 Å². The molecule has 0 amide bonds. The summed E-state index contributed by atoms with van der Waals surface area (Å²) in [4.78, 5) is 11.8. The molecule has 0 spiro atoms. The predicted molar refractivity (Wildman–Crippen MR) is 96.3 cm³/mol. The molecule has 1 heterocycles. The quantitative estimate of drug-likeness (QED) is 0.667. The van der Waals surface area contributed by atoms with E-state index in [1.165, 1.54) is 0 Å². The van der Waals surface area contributed by atoms with Crippen LogP contribution in [0.5, 0.6) is 0 Å². The molecule has 0 bridgehead atoms. The monoisotopic (exact) mass is 341 g/mol. The van der Waals surface area contributed by atoms with E-state index in [9.17, 15) is 9.00 Å². The number of aromatic nitrogens is 1. The third kappa shape index (κ3) is 2.99. The van der Waals surface area contributed by atoms with E-state index in [4.69, 9.17) is 4.74 Å². The molecule has 0 fully saturated rings. The van der Waals surface area contributed by atoms with Gasteiger partial charge in [-0.2, -0.15) is 0 Å². The zero-order valence-corrected chi connectivity index (χ0v) is 14.5. The number of carbonyl (C=O) groups is 1. The maximum absolute atomic E-state index is 12.9. The van der Waals surface area contributed by atoms with Crippen molar-refractivity contribution in [3.8, 4) is 11.1 Å². The van der Waals surface area contributed by atoms with Crippen LogP contribution in [0.1, 0.15) is 6.92 Å². The van der Waals surface area contributed by atoms with Crippen LogP contribution in [0.4, 0.5) is 0 Å². The van der Waals surface area contributed by atoms with Gasteiger partial charge in [-0.25, -0.2) is 0 Å². The third-order valence-electron chi connectivity index (χ3n) is 3.89. The topological polar surface area (TPSA) is 48.3 Å². The number of fused-ring (bicyclic) bond motifs is 1. The highest BCUT2D eigenvalue weighted by molar-refractivity contribution is 7.85. The minimum atomic E-state index is -1.48. The molecule has 3 rings (SSSR count). The Morgan fingerprint density at radius 3 is 2.46 bits per heavy atom. The van der Waals surface area contributed by atoms with Crippen LogP contribution in [-0.2, 0) is 27.4 Å². The van der Waals surface area contributed by atoms with E-state index in [0.717, 1.165) is 22.0 Å². The van der Waals surface area contributed by atoms with Crippen molar-refractivity contribution in [1.82, 2.24) is 4.57 Å². The second-order valence-electron chi connectivity index (χ2n) is 5.42. The number of nitrogens with zero attached hydrogens (tertiary/aromatic N) is 1. The molecular weight excluding hydrogens is 322 g/mol. The molecule has 1 aromatic heterocycles. The number of ether oxygens (including phenoxy) is 1. The van der Waals surface area contributed by atoms with Crippen molar-refractivity contribution in [2.24, 2.45) is 7.05 Å². The van der Waals surface area contributed by atoms with Crippen LogP contribution in [0, 0.1) is 0 Å². The van der Waals surface area contributed by atoms with E-state index in [-0.39, 0.29) is 12.4 Å². The maximum Gasteiger partial charge on any atom is 0.318 e. The van der Waals surface area contributed by atoms with Crippen molar-refractivity contribution in [2.45, 2.75) is 11.9 Å². The molecular formula is C19H19NO3S. The standard InChI is InChI=1S/C19H19NO3S/c1-3-23-17(21)13-24(22)19-18(14-9-5-4-6-10-14)15-11-7-8-12-16(15)20(19)2/h4-12H,3,13H2,1-2H3. The number of benzene rings is 2. The summed E-state index contributed by atoms with van der Waals surface area (Å²) >= 11 is 0. The molecule has 2 aromatic carbocycles. The maximum atomic E-state index is 12.9. The molecule has 0 radical (unpaired) electrons. The average molecular weight is 341 g/mol. The van der Waals surface area contributed by atoms with Crippen LogP contribution in [0.25, 0.3) is 22.0 Å². The van der Waals surface area contributed by atoms with E-state index < -0.39 is 16.8 Å². The van der Waals surface area contributed by atoms with Gasteiger partial charge in [0.25, 0.3) is 0 Å². The van der Waals surface area contributed by atoms with Crippen LogP contribution in [0.15, 0.2) is 59.6 Å². The van der Waals surface area contributed by atoms with Crippen molar-refractivity contribution in [3.63, 3.8) is 0 Å². The fourth-order valence-electron chi connectivity index (χ4n) is 2.90. The number of carbonyl (C=O) groups excluding carboxylic acids is 1. The first kappa shape index (κ1) is 16.5. The number of esters is 1. The number of rotatable bonds is 5. The minimum absolute atomic E-state index is 0.141. The summed E-state index contributed by atoms with van der Waals surface area (Å²) in [6, 6.07) is 17.8. The summed E-state index contributed by atoms with van der Waals surface area (Å²) in [6.07, 6.45) is 0. The fraction of sp³-hybridized carbons (Fsp3) is 0.211. The highest BCUT2D eigenvalue weighted by atomic mass is 32.2. The van der Waals surface area contributed by atoms with Crippen molar-refractivity contribution < 1.29 is 13.7 Å². The SMILES string of the molecule is CCOC(=O)CS(=O)c1c(-c2ccccc2)c2ccccc2n1C. The minimum Gasteiger partial charge on any atom is -0.465 e. The van der Waals surface area contributed by atoms with E-state index in [1.807, 2.05) is 66.2 Å². The molecule has 24 heavy (non-hydrogen) atoms. The smallest absolute Gasteiger partial charge is 0.318 e. The van der Waals surface area contributed by atoms with E-state index >= 15 is 0 Å².